The first-order valence-corrected chi connectivity index (χ1v) is 10.5. The van der Waals surface area contributed by atoms with Crippen LogP contribution in [0.5, 0.6) is 0 Å². The molecule has 1 aliphatic rings. The van der Waals surface area contributed by atoms with Crippen molar-refractivity contribution >= 4 is 11.8 Å². The van der Waals surface area contributed by atoms with Gasteiger partial charge in [0.15, 0.2) is 0 Å². The monoisotopic (exact) mass is 451 g/mol. The summed E-state index contributed by atoms with van der Waals surface area (Å²) >= 11 is 1.30. The zero-order chi connectivity index (χ0) is 21.9. The second-order valence-electron chi connectivity index (χ2n) is 7.34. The third-order valence-corrected chi connectivity index (χ3v) is 6.36. The van der Waals surface area contributed by atoms with Crippen LogP contribution >= 0.6 is 11.8 Å². The average molecular weight is 451 g/mol. The molecule has 0 aliphatic carbocycles. The van der Waals surface area contributed by atoms with Crippen molar-refractivity contribution in [2.24, 2.45) is 5.92 Å². The number of hydrogen-bond acceptors (Lipinski definition) is 2. The molecule has 0 amide bonds. The highest BCUT2D eigenvalue weighted by Crippen LogP contribution is 2.38. The molecule has 0 saturated carbocycles. The number of rotatable bonds is 5. The third-order valence-electron chi connectivity index (χ3n) is 5.15. The summed E-state index contributed by atoms with van der Waals surface area (Å²) in [5, 5.41) is 3.27. The van der Waals surface area contributed by atoms with Gasteiger partial charge in [-0.1, -0.05) is 12.1 Å². The lowest BCUT2D eigenvalue weighted by Gasteiger charge is -2.32. The lowest BCUT2D eigenvalue weighted by molar-refractivity contribution is -0.143. The molecule has 1 saturated heterocycles. The molecule has 1 heterocycles. The first-order chi connectivity index (χ1) is 14.0. The van der Waals surface area contributed by atoms with E-state index < -0.39 is 23.5 Å². The fourth-order valence-electron chi connectivity index (χ4n) is 3.68. The highest BCUT2D eigenvalue weighted by Gasteiger charge is 2.37. The molecule has 0 unspecified atom stereocenters. The molecule has 164 valence electrons. The predicted molar refractivity (Wildman–Crippen MR) is 103 cm³/mol. The van der Waals surface area contributed by atoms with Crippen molar-refractivity contribution in [3.05, 3.63) is 70.5 Å². The largest absolute Gasteiger partial charge is 0.416 e. The minimum Gasteiger partial charge on any atom is -0.316 e. The van der Waals surface area contributed by atoms with Crippen molar-refractivity contribution in [3.63, 3.8) is 0 Å². The van der Waals surface area contributed by atoms with Crippen LogP contribution in [0.2, 0.25) is 0 Å². The number of thioether (sulfide) groups is 1. The van der Waals surface area contributed by atoms with E-state index in [1.165, 1.54) is 23.9 Å². The molecule has 3 rings (SSSR count). The van der Waals surface area contributed by atoms with Crippen molar-refractivity contribution in [1.82, 2.24) is 5.32 Å². The molecule has 1 aliphatic heterocycles. The van der Waals surface area contributed by atoms with Crippen LogP contribution in [0.4, 0.5) is 30.7 Å². The maximum Gasteiger partial charge on any atom is 0.416 e. The summed E-state index contributed by atoms with van der Waals surface area (Å²) in [7, 11) is 0. The molecule has 1 fully saturated rings. The maximum absolute atomic E-state index is 13.2. The van der Waals surface area contributed by atoms with Crippen molar-refractivity contribution in [3.8, 4) is 0 Å². The van der Waals surface area contributed by atoms with Gasteiger partial charge in [0.25, 0.3) is 0 Å². The van der Waals surface area contributed by atoms with E-state index in [0.29, 0.717) is 12.3 Å². The van der Waals surface area contributed by atoms with Gasteiger partial charge in [-0.3, -0.25) is 0 Å². The topological polar surface area (TPSA) is 12.0 Å². The zero-order valence-electron chi connectivity index (χ0n) is 15.8. The van der Waals surface area contributed by atoms with Crippen LogP contribution in [0.25, 0.3) is 0 Å². The van der Waals surface area contributed by atoms with Gasteiger partial charge in [0, 0.05) is 5.75 Å². The third kappa shape index (κ3) is 5.91. The first-order valence-electron chi connectivity index (χ1n) is 9.36. The molecule has 2 atom stereocenters. The lowest BCUT2D eigenvalue weighted by Crippen LogP contribution is -2.36. The summed E-state index contributed by atoms with van der Waals surface area (Å²) < 4.78 is 91.2. The van der Waals surface area contributed by atoms with Gasteiger partial charge in [0.05, 0.1) is 11.1 Å². The SMILES string of the molecule is Fc1ccc([C@@H]2CCNC[C@H]2CSCc2cc(C(F)(F)F)cc(C(F)(F)F)c2)cc1. The van der Waals surface area contributed by atoms with E-state index in [9.17, 15) is 30.7 Å². The molecule has 1 nitrogen and oxygen atoms in total. The Balaban J connectivity index is 1.70. The number of halogens is 7. The predicted octanol–water partition coefficient (Wildman–Crippen LogP) is 6.49. The van der Waals surface area contributed by atoms with Gasteiger partial charge in [0.1, 0.15) is 5.82 Å². The van der Waals surface area contributed by atoms with E-state index >= 15 is 0 Å². The summed E-state index contributed by atoms with van der Waals surface area (Å²) in [5.74, 6) is 0.573. The Bertz CT molecular complexity index is 814. The summed E-state index contributed by atoms with van der Waals surface area (Å²) in [4.78, 5) is 0. The van der Waals surface area contributed by atoms with E-state index in [-0.39, 0.29) is 35.0 Å². The molecule has 0 radical (unpaired) electrons. The molecule has 2 aromatic carbocycles. The zero-order valence-corrected chi connectivity index (χ0v) is 16.6. The minimum absolute atomic E-state index is 0.00995. The fourth-order valence-corrected chi connectivity index (χ4v) is 4.85. The Kier molecular flexibility index (Phi) is 7.02. The second kappa shape index (κ2) is 9.18. The maximum atomic E-state index is 13.2. The van der Waals surface area contributed by atoms with Gasteiger partial charge < -0.3 is 5.32 Å². The molecule has 0 spiro atoms. The highest BCUT2D eigenvalue weighted by molar-refractivity contribution is 7.98. The van der Waals surface area contributed by atoms with Crippen LogP contribution in [0.3, 0.4) is 0 Å². The van der Waals surface area contributed by atoms with Crippen LogP contribution in [0.15, 0.2) is 42.5 Å². The van der Waals surface area contributed by atoms with E-state index in [4.69, 9.17) is 0 Å². The minimum atomic E-state index is -4.85. The molecular formula is C21H20F7NS. The van der Waals surface area contributed by atoms with Crippen molar-refractivity contribution in [1.29, 1.82) is 0 Å². The molecule has 0 aromatic heterocycles. The molecule has 0 bridgehead atoms. The summed E-state index contributed by atoms with van der Waals surface area (Å²) in [6.45, 7) is 1.48. The molecule has 2 aromatic rings. The van der Waals surface area contributed by atoms with E-state index in [0.717, 1.165) is 30.7 Å². The van der Waals surface area contributed by atoms with Crippen LogP contribution in [-0.4, -0.2) is 18.8 Å². The molecule has 1 N–H and O–H groups in total. The van der Waals surface area contributed by atoms with Crippen LogP contribution in [-0.2, 0) is 18.1 Å². The Labute approximate surface area is 174 Å². The second-order valence-corrected chi connectivity index (χ2v) is 8.37. The lowest BCUT2D eigenvalue weighted by atomic mass is 9.82. The summed E-state index contributed by atoms with van der Waals surface area (Å²) in [6, 6.07) is 7.93. The Morgan fingerprint density at radius 3 is 2.07 bits per heavy atom. The summed E-state index contributed by atoms with van der Waals surface area (Å²) in [5.41, 5.74) is -1.61. The number of hydrogen-bond donors (Lipinski definition) is 1. The Morgan fingerprint density at radius 2 is 1.50 bits per heavy atom. The van der Waals surface area contributed by atoms with Gasteiger partial charge in [-0.2, -0.15) is 38.1 Å². The molecular weight excluding hydrogens is 431 g/mol. The fraction of sp³-hybridized carbons (Fsp3) is 0.429. The van der Waals surface area contributed by atoms with E-state index in [1.54, 1.807) is 12.1 Å². The van der Waals surface area contributed by atoms with Crippen molar-refractivity contribution in [2.75, 3.05) is 18.8 Å². The highest BCUT2D eigenvalue weighted by atomic mass is 32.2. The Hall–Kier alpha value is -1.74. The summed E-state index contributed by atoms with van der Waals surface area (Å²) in [6.07, 6.45) is -8.86. The molecule has 9 heteroatoms. The number of piperidine rings is 1. The number of benzene rings is 2. The van der Waals surface area contributed by atoms with E-state index in [1.807, 2.05) is 0 Å². The van der Waals surface area contributed by atoms with Gasteiger partial charge >= 0.3 is 12.4 Å². The van der Waals surface area contributed by atoms with Crippen LogP contribution in [0, 0.1) is 11.7 Å². The Morgan fingerprint density at radius 1 is 0.900 bits per heavy atom. The average Bonchev–Trinajstić information content (AvgIpc) is 2.67. The van der Waals surface area contributed by atoms with Gasteiger partial charge in [-0.05, 0) is 78.6 Å². The smallest absolute Gasteiger partial charge is 0.316 e. The molecule has 30 heavy (non-hydrogen) atoms. The standard InChI is InChI=1S/C21H20F7NS/c22-18-3-1-14(2-4-18)19-5-6-29-10-15(19)12-30-11-13-7-16(20(23,24)25)9-17(8-13)21(26,27)28/h1-4,7-9,15,19,29H,5-6,10-12H2/t15-,19-/m0/s1. The van der Waals surface area contributed by atoms with Gasteiger partial charge in [-0.25, -0.2) is 4.39 Å². The quantitative estimate of drug-likeness (QED) is 0.522. The number of nitrogens with one attached hydrogen (secondary N) is 1. The normalized spacial score (nSPS) is 20.4. The number of alkyl halides is 6. The van der Waals surface area contributed by atoms with Crippen LogP contribution < -0.4 is 5.32 Å². The van der Waals surface area contributed by atoms with Crippen LogP contribution in [0.1, 0.15) is 34.6 Å². The first kappa shape index (κ1) is 22.9. The van der Waals surface area contributed by atoms with Gasteiger partial charge in [-0.15, -0.1) is 0 Å². The van der Waals surface area contributed by atoms with Crippen molar-refractivity contribution in [2.45, 2.75) is 30.4 Å². The van der Waals surface area contributed by atoms with Crippen molar-refractivity contribution < 1.29 is 30.7 Å². The van der Waals surface area contributed by atoms with Gasteiger partial charge in [0.2, 0.25) is 0 Å². The van der Waals surface area contributed by atoms with E-state index in [2.05, 4.69) is 5.32 Å².